The van der Waals surface area contributed by atoms with Gasteiger partial charge in [0.25, 0.3) is 10.2 Å². The summed E-state index contributed by atoms with van der Waals surface area (Å²) < 4.78 is 23.9. The zero-order chi connectivity index (χ0) is 18.0. The van der Waals surface area contributed by atoms with Gasteiger partial charge in [-0.2, -0.15) is 12.7 Å². The molecule has 138 valence electrons. The molecule has 10 heteroatoms. The monoisotopic (exact) mass is 387 g/mol. The Balaban J connectivity index is 1.53. The second kappa shape index (κ2) is 7.45. The lowest BCUT2D eigenvalue weighted by Gasteiger charge is -2.38. The SMILES string of the molecule is NS(=O)(=O)N1CCC(C(=O)N2CCN(c3ncccc3Cl)CC2)CC1. The third-order valence-electron chi connectivity index (χ3n) is 4.79. The van der Waals surface area contributed by atoms with Crippen LogP contribution >= 0.6 is 11.6 Å². The molecule has 0 atom stereocenters. The van der Waals surface area contributed by atoms with Crippen molar-refractivity contribution in [3.8, 4) is 0 Å². The third kappa shape index (κ3) is 4.22. The first-order valence-corrected chi connectivity index (χ1v) is 10.2. The number of halogens is 1. The number of hydrogen-bond donors (Lipinski definition) is 1. The van der Waals surface area contributed by atoms with E-state index in [4.69, 9.17) is 16.7 Å². The van der Waals surface area contributed by atoms with E-state index in [1.165, 1.54) is 4.31 Å². The molecular formula is C15H22ClN5O3S. The zero-order valence-corrected chi connectivity index (χ0v) is 15.4. The third-order valence-corrected chi connectivity index (χ3v) is 6.17. The summed E-state index contributed by atoms with van der Waals surface area (Å²) in [7, 11) is -3.66. The summed E-state index contributed by atoms with van der Waals surface area (Å²) in [5, 5.41) is 5.75. The van der Waals surface area contributed by atoms with Gasteiger partial charge < -0.3 is 9.80 Å². The van der Waals surface area contributed by atoms with Gasteiger partial charge in [0.1, 0.15) is 5.82 Å². The van der Waals surface area contributed by atoms with Gasteiger partial charge in [0.2, 0.25) is 5.91 Å². The lowest BCUT2D eigenvalue weighted by molar-refractivity contribution is -0.137. The first-order valence-electron chi connectivity index (χ1n) is 8.28. The summed E-state index contributed by atoms with van der Waals surface area (Å²) in [4.78, 5) is 20.9. The number of hydrogen-bond acceptors (Lipinski definition) is 5. The number of piperazine rings is 1. The molecule has 0 spiro atoms. The number of carbonyl (C=O) groups is 1. The fraction of sp³-hybridized carbons (Fsp3) is 0.600. The van der Waals surface area contributed by atoms with Crippen LogP contribution < -0.4 is 10.0 Å². The standard InChI is InChI=1S/C15H22ClN5O3S/c16-13-2-1-5-18-14(13)19-8-10-20(11-9-19)15(22)12-3-6-21(7-4-12)25(17,23)24/h1-2,5,12H,3-4,6-11H2,(H2,17,23,24). The highest BCUT2D eigenvalue weighted by atomic mass is 35.5. The van der Waals surface area contributed by atoms with Crippen LogP contribution in [-0.2, 0) is 15.0 Å². The van der Waals surface area contributed by atoms with E-state index in [-0.39, 0.29) is 11.8 Å². The van der Waals surface area contributed by atoms with Gasteiger partial charge in [-0.1, -0.05) is 11.6 Å². The fourth-order valence-corrected chi connectivity index (χ4v) is 4.32. The summed E-state index contributed by atoms with van der Waals surface area (Å²) in [5.74, 6) is 0.710. The molecule has 3 heterocycles. The Kier molecular flexibility index (Phi) is 5.47. The van der Waals surface area contributed by atoms with Gasteiger partial charge in [0, 0.05) is 51.4 Å². The average molecular weight is 388 g/mol. The maximum absolute atomic E-state index is 12.7. The summed E-state index contributed by atoms with van der Waals surface area (Å²) in [6, 6.07) is 3.60. The predicted molar refractivity (Wildman–Crippen MR) is 95.4 cm³/mol. The molecule has 0 aliphatic carbocycles. The molecule has 0 bridgehead atoms. The minimum absolute atomic E-state index is 0.0980. The molecule has 8 nitrogen and oxygen atoms in total. The number of aromatic nitrogens is 1. The van der Waals surface area contributed by atoms with E-state index in [0.29, 0.717) is 57.1 Å². The second-order valence-electron chi connectivity index (χ2n) is 6.34. The fourth-order valence-electron chi connectivity index (χ4n) is 3.36. The second-order valence-corrected chi connectivity index (χ2v) is 8.29. The maximum atomic E-state index is 12.7. The highest BCUT2D eigenvalue weighted by Crippen LogP contribution is 2.25. The van der Waals surface area contributed by atoms with E-state index in [1.54, 1.807) is 18.3 Å². The molecule has 2 aliphatic heterocycles. The zero-order valence-electron chi connectivity index (χ0n) is 13.8. The summed E-state index contributed by atoms with van der Waals surface area (Å²) in [6.45, 7) is 3.19. The molecule has 1 aromatic rings. The van der Waals surface area contributed by atoms with Crippen molar-refractivity contribution in [2.45, 2.75) is 12.8 Å². The number of nitrogens with zero attached hydrogens (tertiary/aromatic N) is 4. The van der Waals surface area contributed by atoms with Gasteiger partial charge in [0.15, 0.2) is 0 Å². The Hall–Kier alpha value is -1.42. The predicted octanol–water partition coefficient (Wildman–Crippen LogP) is 0.299. The van der Waals surface area contributed by atoms with Crippen LogP contribution in [0.25, 0.3) is 0 Å². The molecular weight excluding hydrogens is 366 g/mol. The molecule has 0 saturated carbocycles. The van der Waals surface area contributed by atoms with Crippen molar-refractivity contribution in [1.29, 1.82) is 0 Å². The summed E-state index contributed by atoms with van der Waals surface area (Å²) in [6.07, 6.45) is 2.74. The van der Waals surface area contributed by atoms with Crippen LogP contribution in [0.2, 0.25) is 5.02 Å². The van der Waals surface area contributed by atoms with Gasteiger partial charge >= 0.3 is 0 Å². The van der Waals surface area contributed by atoms with Gasteiger partial charge in [-0.3, -0.25) is 4.79 Å². The Bertz CT molecular complexity index is 728. The minimum Gasteiger partial charge on any atom is -0.352 e. The molecule has 3 rings (SSSR count). The van der Waals surface area contributed by atoms with E-state index >= 15 is 0 Å². The topological polar surface area (TPSA) is 99.8 Å². The van der Waals surface area contributed by atoms with E-state index < -0.39 is 10.2 Å². The molecule has 0 radical (unpaired) electrons. The number of anilines is 1. The molecule has 2 aliphatic rings. The number of amides is 1. The lowest BCUT2D eigenvalue weighted by atomic mass is 9.96. The van der Waals surface area contributed by atoms with Gasteiger partial charge in [-0.05, 0) is 25.0 Å². The van der Waals surface area contributed by atoms with E-state index in [9.17, 15) is 13.2 Å². The van der Waals surface area contributed by atoms with Crippen molar-refractivity contribution in [2.24, 2.45) is 11.1 Å². The van der Waals surface area contributed by atoms with Crippen molar-refractivity contribution in [1.82, 2.24) is 14.2 Å². The first kappa shape index (κ1) is 18.4. The Morgan fingerprint density at radius 3 is 2.36 bits per heavy atom. The van der Waals surface area contributed by atoms with Crippen LogP contribution in [0.3, 0.4) is 0 Å². The Morgan fingerprint density at radius 2 is 1.80 bits per heavy atom. The summed E-state index contributed by atoms with van der Waals surface area (Å²) in [5.41, 5.74) is 0. The van der Waals surface area contributed by atoms with Crippen LogP contribution in [0, 0.1) is 5.92 Å². The Labute approximate surface area is 152 Å². The van der Waals surface area contributed by atoms with Crippen LogP contribution in [0.5, 0.6) is 0 Å². The number of nitrogens with two attached hydrogens (primary N) is 1. The van der Waals surface area contributed by atoms with Crippen LogP contribution in [0.1, 0.15) is 12.8 Å². The van der Waals surface area contributed by atoms with Crippen molar-refractivity contribution in [3.05, 3.63) is 23.4 Å². The molecule has 1 aromatic heterocycles. The number of rotatable bonds is 3. The number of carbonyl (C=O) groups excluding carboxylic acids is 1. The van der Waals surface area contributed by atoms with Gasteiger partial charge in [0.05, 0.1) is 5.02 Å². The highest BCUT2D eigenvalue weighted by molar-refractivity contribution is 7.86. The minimum atomic E-state index is -3.66. The largest absolute Gasteiger partial charge is 0.352 e. The van der Waals surface area contributed by atoms with Crippen molar-refractivity contribution in [2.75, 3.05) is 44.2 Å². The van der Waals surface area contributed by atoms with Crippen LogP contribution in [0.15, 0.2) is 18.3 Å². The number of piperidine rings is 1. The van der Waals surface area contributed by atoms with Gasteiger partial charge in [-0.15, -0.1) is 0 Å². The van der Waals surface area contributed by atoms with E-state index in [2.05, 4.69) is 9.88 Å². The summed E-state index contributed by atoms with van der Waals surface area (Å²) >= 11 is 6.18. The lowest BCUT2D eigenvalue weighted by Crippen LogP contribution is -2.52. The molecule has 1 amide bonds. The van der Waals surface area contributed by atoms with Crippen LogP contribution in [-0.4, -0.2) is 67.8 Å². The molecule has 0 unspecified atom stereocenters. The quantitative estimate of drug-likeness (QED) is 0.804. The molecule has 0 aromatic carbocycles. The smallest absolute Gasteiger partial charge is 0.276 e. The van der Waals surface area contributed by atoms with E-state index in [1.807, 2.05) is 4.90 Å². The average Bonchev–Trinajstić information content (AvgIpc) is 2.61. The first-order chi connectivity index (χ1) is 11.9. The Morgan fingerprint density at radius 1 is 1.16 bits per heavy atom. The molecule has 25 heavy (non-hydrogen) atoms. The number of pyridine rings is 1. The van der Waals surface area contributed by atoms with Crippen molar-refractivity contribution in [3.63, 3.8) is 0 Å². The molecule has 2 saturated heterocycles. The van der Waals surface area contributed by atoms with E-state index in [0.717, 1.165) is 5.82 Å². The molecule has 2 fully saturated rings. The van der Waals surface area contributed by atoms with Crippen molar-refractivity contribution < 1.29 is 13.2 Å². The van der Waals surface area contributed by atoms with Crippen LogP contribution in [0.4, 0.5) is 5.82 Å². The molecule has 2 N–H and O–H groups in total. The van der Waals surface area contributed by atoms with Crippen molar-refractivity contribution >= 4 is 33.5 Å². The normalized spacial score (nSPS) is 20.7. The van der Waals surface area contributed by atoms with Gasteiger partial charge in [-0.25, -0.2) is 10.1 Å². The maximum Gasteiger partial charge on any atom is 0.276 e. The highest BCUT2D eigenvalue weighted by Gasteiger charge is 2.33.